The van der Waals surface area contributed by atoms with Crippen LogP contribution in [-0.2, 0) is 6.42 Å². The van der Waals surface area contributed by atoms with Crippen LogP contribution in [0.4, 0.5) is 0 Å². The molecule has 106 valence electrons. The molecule has 1 aromatic carbocycles. The predicted molar refractivity (Wildman–Crippen MR) is 83.4 cm³/mol. The molecule has 0 aliphatic heterocycles. The van der Waals surface area contributed by atoms with Crippen molar-refractivity contribution in [2.24, 2.45) is 5.92 Å². The van der Waals surface area contributed by atoms with Gasteiger partial charge in [-0.1, -0.05) is 50.5 Å². The van der Waals surface area contributed by atoms with Crippen LogP contribution in [0.25, 0.3) is 0 Å². The van der Waals surface area contributed by atoms with Crippen LogP contribution in [0.2, 0.25) is 0 Å². The first-order valence-electron chi connectivity index (χ1n) is 8.05. The van der Waals surface area contributed by atoms with Gasteiger partial charge in [0, 0.05) is 12.1 Å². The second-order valence-corrected chi connectivity index (χ2v) is 6.21. The second kappa shape index (κ2) is 7.09. The Kier molecular flexibility index (Phi) is 5.45. The standard InChI is InChI=1S/C18H29N/c1-4-7-16-10-12-18(13-11-16)15(3)19-14(2)17-8-5-6-9-17/h10-15,17,19H,4-9H2,1-3H3. The fourth-order valence-electron chi connectivity index (χ4n) is 3.35. The normalized spacial score (nSPS) is 19.5. The van der Waals surface area contributed by atoms with Gasteiger partial charge in [0.1, 0.15) is 0 Å². The Morgan fingerprint density at radius 3 is 2.32 bits per heavy atom. The van der Waals surface area contributed by atoms with Gasteiger partial charge in [0.2, 0.25) is 0 Å². The molecule has 1 saturated carbocycles. The van der Waals surface area contributed by atoms with Gasteiger partial charge in [0.25, 0.3) is 0 Å². The minimum Gasteiger partial charge on any atom is -0.307 e. The summed E-state index contributed by atoms with van der Waals surface area (Å²) in [5.74, 6) is 0.891. The topological polar surface area (TPSA) is 12.0 Å². The van der Waals surface area contributed by atoms with Gasteiger partial charge in [0.15, 0.2) is 0 Å². The highest BCUT2D eigenvalue weighted by molar-refractivity contribution is 5.24. The second-order valence-electron chi connectivity index (χ2n) is 6.21. The van der Waals surface area contributed by atoms with Crippen LogP contribution < -0.4 is 5.32 Å². The lowest BCUT2D eigenvalue weighted by Crippen LogP contribution is -2.34. The van der Waals surface area contributed by atoms with Gasteiger partial charge >= 0.3 is 0 Å². The molecule has 1 aliphatic rings. The van der Waals surface area contributed by atoms with Crippen molar-refractivity contribution in [3.63, 3.8) is 0 Å². The number of nitrogens with one attached hydrogen (secondary N) is 1. The van der Waals surface area contributed by atoms with Crippen molar-refractivity contribution in [2.45, 2.75) is 71.4 Å². The van der Waals surface area contributed by atoms with E-state index in [0.717, 1.165) is 5.92 Å². The third-order valence-electron chi connectivity index (χ3n) is 4.64. The van der Waals surface area contributed by atoms with E-state index in [-0.39, 0.29) is 0 Å². The molecule has 0 heterocycles. The molecular weight excluding hydrogens is 230 g/mol. The van der Waals surface area contributed by atoms with Gasteiger partial charge in [-0.15, -0.1) is 0 Å². The molecule has 0 bridgehead atoms. The van der Waals surface area contributed by atoms with Crippen molar-refractivity contribution < 1.29 is 0 Å². The smallest absolute Gasteiger partial charge is 0.0294 e. The average molecular weight is 259 g/mol. The summed E-state index contributed by atoms with van der Waals surface area (Å²) in [6.07, 6.45) is 8.10. The zero-order valence-corrected chi connectivity index (χ0v) is 12.8. The van der Waals surface area contributed by atoms with Crippen LogP contribution >= 0.6 is 0 Å². The van der Waals surface area contributed by atoms with Crippen molar-refractivity contribution in [2.75, 3.05) is 0 Å². The van der Waals surface area contributed by atoms with Gasteiger partial charge in [-0.2, -0.15) is 0 Å². The first-order valence-corrected chi connectivity index (χ1v) is 8.05. The highest BCUT2D eigenvalue weighted by Gasteiger charge is 2.22. The Bertz CT molecular complexity index is 362. The van der Waals surface area contributed by atoms with E-state index >= 15 is 0 Å². The summed E-state index contributed by atoms with van der Waals surface area (Å²) in [6.45, 7) is 6.89. The molecule has 1 aromatic rings. The SMILES string of the molecule is CCCc1ccc(C(C)NC(C)C2CCCC2)cc1. The molecule has 1 nitrogen and oxygen atoms in total. The molecule has 1 N–H and O–H groups in total. The Labute approximate surface area is 118 Å². The summed E-state index contributed by atoms with van der Waals surface area (Å²) in [5, 5.41) is 3.79. The lowest BCUT2D eigenvalue weighted by molar-refractivity contribution is 0.352. The minimum atomic E-state index is 0.464. The van der Waals surface area contributed by atoms with E-state index in [1.165, 1.54) is 49.7 Å². The number of hydrogen-bond acceptors (Lipinski definition) is 1. The highest BCUT2D eigenvalue weighted by Crippen LogP contribution is 2.28. The van der Waals surface area contributed by atoms with E-state index in [2.05, 4.69) is 50.4 Å². The average Bonchev–Trinajstić information content (AvgIpc) is 2.94. The summed E-state index contributed by atoms with van der Waals surface area (Å²) in [7, 11) is 0. The monoisotopic (exact) mass is 259 g/mol. The van der Waals surface area contributed by atoms with E-state index < -0.39 is 0 Å². The van der Waals surface area contributed by atoms with Gasteiger partial charge < -0.3 is 5.32 Å². The molecule has 1 aliphatic carbocycles. The van der Waals surface area contributed by atoms with Crippen LogP contribution in [0, 0.1) is 5.92 Å². The maximum Gasteiger partial charge on any atom is 0.0294 e. The summed E-state index contributed by atoms with van der Waals surface area (Å²) < 4.78 is 0. The molecule has 0 aromatic heterocycles. The van der Waals surface area contributed by atoms with Crippen LogP contribution in [0.3, 0.4) is 0 Å². The van der Waals surface area contributed by atoms with Gasteiger partial charge in [-0.3, -0.25) is 0 Å². The molecule has 0 radical (unpaired) electrons. The Morgan fingerprint density at radius 1 is 1.11 bits per heavy atom. The van der Waals surface area contributed by atoms with Crippen molar-refractivity contribution in [3.8, 4) is 0 Å². The largest absolute Gasteiger partial charge is 0.307 e. The predicted octanol–water partition coefficient (Wildman–Crippen LogP) is 4.87. The molecule has 1 heteroatoms. The molecule has 2 rings (SSSR count). The van der Waals surface area contributed by atoms with Gasteiger partial charge in [0.05, 0.1) is 0 Å². The molecule has 1 fully saturated rings. The van der Waals surface area contributed by atoms with E-state index in [9.17, 15) is 0 Å². The lowest BCUT2D eigenvalue weighted by Gasteiger charge is -2.25. The molecule has 2 atom stereocenters. The molecule has 0 spiro atoms. The fourth-order valence-corrected chi connectivity index (χ4v) is 3.35. The van der Waals surface area contributed by atoms with E-state index in [0.29, 0.717) is 12.1 Å². The lowest BCUT2D eigenvalue weighted by atomic mass is 9.97. The first kappa shape index (κ1) is 14.6. The zero-order valence-electron chi connectivity index (χ0n) is 12.8. The summed E-state index contributed by atoms with van der Waals surface area (Å²) in [5.41, 5.74) is 2.88. The quantitative estimate of drug-likeness (QED) is 0.768. The summed E-state index contributed by atoms with van der Waals surface area (Å²) >= 11 is 0. The summed E-state index contributed by atoms with van der Waals surface area (Å²) in [6, 6.07) is 10.3. The fraction of sp³-hybridized carbons (Fsp3) is 0.667. The third-order valence-corrected chi connectivity index (χ3v) is 4.64. The number of hydrogen-bond donors (Lipinski definition) is 1. The van der Waals surface area contributed by atoms with E-state index in [1.54, 1.807) is 0 Å². The molecule has 0 amide bonds. The van der Waals surface area contributed by atoms with E-state index in [4.69, 9.17) is 0 Å². The third kappa shape index (κ3) is 4.07. The maximum atomic E-state index is 3.79. The molecule has 0 saturated heterocycles. The number of rotatable bonds is 6. The zero-order chi connectivity index (χ0) is 13.7. The Morgan fingerprint density at radius 2 is 1.74 bits per heavy atom. The van der Waals surface area contributed by atoms with Crippen molar-refractivity contribution in [1.82, 2.24) is 5.32 Å². The molecule has 19 heavy (non-hydrogen) atoms. The minimum absolute atomic E-state index is 0.464. The highest BCUT2D eigenvalue weighted by atomic mass is 14.9. The van der Waals surface area contributed by atoms with Crippen molar-refractivity contribution in [3.05, 3.63) is 35.4 Å². The van der Waals surface area contributed by atoms with Crippen molar-refractivity contribution in [1.29, 1.82) is 0 Å². The Balaban J connectivity index is 1.89. The summed E-state index contributed by atoms with van der Waals surface area (Å²) in [4.78, 5) is 0. The molecular formula is C18H29N. The number of benzene rings is 1. The van der Waals surface area contributed by atoms with Gasteiger partial charge in [-0.05, 0) is 50.2 Å². The molecule has 2 unspecified atom stereocenters. The Hall–Kier alpha value is -0.820. The van der Waals surface area contributed by atoms with Gasteiger partial charge in [-0.25, -0.2) is 0 Å². The van der Waals surface area contributed by atoms with Crippen LogP contribution in [-0.4, -0.2) is 6.04 Å². The van der Waals surface area contributed by atoms with Crippen molar-refractivity contribution >= 4 is 0 Å². The van der Waals surface area contributed by atoms with Crippen LogP contribution in [0.5, 0.6) is 0 Å². The number of aryl methyl sites for hydroxylation is 1. The van der Waals surface area contributed by atoms with Crippen LogP contribution in [0.15, 0.2) is 24.3 Å². The van der Waals surface area contributed by atoms with Crippen LogP contribution in [0.1, 0.15) is 70.0 Å². The first-order chi connectivity index (χ1) is 9.20. The van der Waals surface area contributed by atoms with E-state index in [1.807, 2.05) is 0 Å². The maximum absolute atomic E-state index is 3.79.